The fourth-order valence-corrected chi connectivity index (χ4v) is 6.19. The van der Waals surface area contributed by atoms with Crippen molar-refractivity contribution in [3.8, 4) is 0 Å². The zero-order valence-electron chi connectivity index (χ0n) is 22.2. The van der Waals surface area contributed by atoms with Gasteiger partial charge in [-0.25, -0.2) is 0 Å². The number of carbonyl (C=O) groups excluding carboxylic acids is 1. The third-order valence-electron chi connectivity index (χ3n) is 8.34. The monoisotopic (exact) mass is 476 g/mol. The van der Waals surface area contributed by atoms with Crippen molar-refractivity contribution in [2.75, 3.05) is 0 Å². The molecular weight excluding hydrogens is 436 g/mol. The van der Waals surface area contributed by atoms with Gasteiger partial charge in [0.05, 0.1) is 5.92 Å². The highest BCUT2D eigenvalue weighted by molar-refractivity contribution is 6.02. The molecule has 36 heavy (non-hydrogen) atoms. The molecule has 0 amide bonds. The second kappa shape index (κ2) is 11.0. The molecule has 0 bridgehead atoms. The molecule has 5 rings (SSSR count). The summed E-state index contributed by atoms with van der Waals surface area (Å²) in [7, 11) is 0. The highest BCUT2D eigenvalue weighted by atomic mass is 16.1. The second-order valence-corrected chi connectivity index (χ2v) is 11.7. The van der Waals surface area contributed by atoms with Crippen LogP contribution in [0.2, 0.25) is 0 Å². The van der Waals surface area contributed by atoms with E-state index < -0.39 is 0 Å². The summed E-state index contributed by atoms with van der Waals surface area (Å²) in [5.74, 6) is 2.34. The van der Waals surface area contributed by atoms with Crippen molar-refractivity contribution in [2.24, 2.45) is 11.8 Å². The number of hydrogen-bond acceptors (Lipinski definition) is 1. The number of ketones is 1. The normalized spacial score (nSPS) is 21.6. The topological polar surface area (TPSA) is 17.1 Å². The van der Waals surface area contributed by atoms with E-state index in [0.717, 1.165) is 31.1 Å². The van der Waals surface area contributed by atoms with Crippen molar-refractivity contribution in [1.82, 2.24) is 0 Å². The first kappa shape index (κ1) is 24.8. The molecule has 1 nitrogen and oxygen atoms in total. The molecule has 1 saturated carbocycles. The zero-order chi connectivity index (χ0) is 25.1. The third kappa shape index (κ3) is 5.72. The summed E-state index contributed by atoms with van der Waals surface area (Å²) >= 11 is 0. The molecule has 1 heteroatoms. The first-order valence-electron chi connectivity index (χ1n) is 14.0. The SMILES string of the molecule is CC(C)Cc1ccccc1CC1C(=O)C=Cc2ccc(Cc3ccc(C4CCC(C)CC4)cc3)cc21. The predicted octanol–water partition coefficient (Wildman–Crippen LogP) is 8.69. The molecule has 0 heterocycles. The van der Waals surface area contributed by atoms with Gasteiger partial charge in [0, 0.05) is 0 Å². The van der Waals surface area contributed by atoms with Crippen LogP contribution in [0.1, 0.15) is 97.2 Å². The van der Waals surface area contributed by atoms with Crippen LogP contribution in [-0.2, 0) is 24.1 Å². The standard InChI is InChI=1S/C35H40O/c1-24(2)20-31-6-4-5-7-32(31)23-34-33-22-27(12-17-30(33)18-19-35(34)36)21-26-10-15-29(16-11-26)28-13-8-25(3)9-14-28/h4-7,10-12,15-19,22,24-25,28,34H,8-9,13-14,20-21,23H2,1-3H3. The van der Waals surface area contributed by atoms with Crippen molar-refractivity contribution in [3.63, 3.8) is 0 Å². The van der Waals surface area contributed by atoms with Gasteiger partial charge in [-0.1, -0.05) is 106 Å². The maximum Gasteiger partial charge on any atom is 0.163 e. The summed E-state index contributed by atoms with van der Waals surface area (Å²) in [5, 5.41) is 0. The second-order valence-electron chi connectivity index (χ2n) is 11.7. The van der Waals surface area contributed by atoms with Gasteiger partial charge in [-0.15, -0.1) is 0 Å². The van der Waals surface area contributed by atoms with E-state index in [1.54, 1.807) is 6.08 Å². The molecule has 0 saturated heterocycles. The number of rotatable bonds is 7. The van der Waals surface area contributed by atoms with E-state index in [4.69, 9.17) is 0 Å². The molecule has 0 aromatic heterocycles. The Bertz CT molecular complexity index is 1220. The van der Waals surface area contributed by atoms with E-state index >= 15 is 0 Å². The fraction of sp³-hybridized carbons (Fsp3) is 0.400. The molecule has 0 spiro atoms. The lowest BCUT2D eigenvalue weighted by molar-refractivity contribution is -0.116. The number of allylic oxidation sites excluding steroid dienone is 1. The Morgan fingerprint density at radius 2 is 1.50 bits per heavy atom. The van der Waals surface area contributed by atoms with E-state index in [0.29, 0.717) is 5.92 Å². The quantitative estimate of drug-likeness (QED) is 0.333. The molecule has 186 valence electrons. The van der Waals surface area contributed by atoms with E-state index in [1.807, 2.05) is 6.08 Å². The van der Waals surface area contributed by atoms with Crippen LogP contribution in [0.3, 0.4) is 0 Å². The Labute approximate surface area is 217 Å². The van der Waals surface area contributed by atoms with Gasteiger partial charge >= 0.3 is 0 Å². The maximum atomic E-state index is 13.1. The largest absolute Gasteiger partial charge is 0.294 e. The summed E-state index contributed by atoms with van der Waals surface area (Å²) < 4.78 is 0. The maximum absolute atomic E-state index is 13.1. The van der Waals surface area contributed by atoms with Crippen LogP contribution < -0.4 is 0 Å². The first-order chi connectivity index (χ1) is 17.5. The summed E-state index contributed by atoms with van der Waals surface area (Å²) in [6.45, 7) is 6.90. The van der Waals surface area contributed by atoms with E-state index in [-0.39, 0.29) is 11.7 Å². The van der Waals surface area contributed by atoms with Crippen molar-refractivity contribution in [2.45, 2.75) is 77.6 Å². The smallest absolute Gasteiger partial charge is 0.163 e. The highest BCUT2D eigenvalue weighted by Gasteiger charge is 2.26. The van der Waals surface area contributed by atoms with Gasteiger partial charge in [0.25, 0.3) is 0 Å². The molecule has 0 aliphatic heterocycles. The lowest BCUT2D eigenvalue weighted by atomic mass is 9.79. The van der Waals surface area contributed by atoms with Gasteiger partial charge in [-0.2, -0.15) is 0 Å². The van der Waals surface area contributed by atoms with Crippen molar-refractivity contribution in [3.05, 3.63) is 112 Å². The fourth-order valence-electron chi connectivity index (χ4n) is 6.19. The minimum absolute atomic E-state index is 0.102. The van der Waals surface area contributed by atoms with Crippen molar-refractivity contribution >= 4 is 11.9 Å². The molecule has 1 fully saturated rings. The van der Waals surface area contributed by atoms with Crippen LogP contribution in [-0.4, -0.2) is 5.78 Å². The average molecular weight is 477 g/mol. The van der Waals surface area contributed by atoms with Crippen LogP contribution in [0.15, 0.2) is 72.8 Å². The van der Waals surface area contributed by atoms with Gasteiger partial charge < -0.3 is 0 Å². The van der Waals surface area contributed by atoms with Crippen molar-refractivity contribution in [1.29, 1.82) is 0 Å². The lowest BCUT2D eigenvalue weighted by Crippen LogP contribution is -2.18. The molecule has 2 aliphatic carbocycles. The highest BCUT2D eigenvalue weighted by Crippen LogP contribution is 2.36. The minimum atomic E-state index is -0.102. The Hall–Kier alpha value is -2.93. The van der Waals surface area contributed by atoms with Crippen LogP contribution in [0, 0.1) is 11.8 Å². The zero-order valence-corrected chi connectivity index (χ0v) is 22.2. The molecule has 1 atom stereocenters. The van der Waals surface area contributed by atoms with Crippen LogP contribution in [0.25, 0.3) is 6.08 Å². The molecule has 0 N–H and O–H groups in total. The van der Waals surface area contributed by atoms with Gasteiger partial charge in [0.2, 0.25) is 0 Å². The number of hydrogen-bond donors (Lipinski definition) is 0. The Morgan fingerprint density at radius 1 is 0.806 bits per heavy atom. The third-order valence-corrected chi connectivity index (χ3v) is 8.34. The molecule has 3 aromatic carbocycles. The minimum Gasteiger partial charge on any atom is -0.294 e. The van der Waals surface area contributed by atoms with Gasteiger partial charge in [0.1, 0.15) is 0 Å². The van der Waals surface area contributed by atoms with Crippen molar-refractivity contribution < 1.29 is 4.79 Å². The van der Waals surface area contributed by atoms with E-state index in [1.165, 1.54) is 64.6 Å². The molecule has 0 radical (unpaired) electrons. The van der Waals surface area contributed by atoms with Gasteiger partial charge in [-0.05, 0) is 94.9 Å². The number of benzene rings is 3. The van der Waals surface area contributed by atoms with Crippen LogP contribution >= 0.6 is 0 Å². The Morgan fingerprint density at radius 3 is 2.22 bits per heavy atom. The van der Waals surface area contributed by atoms with E-state index in [2.05, 4.69) is 87.5 Å². The van der Waals surface area contributed by atoms with Crippen LogP contribution in [0.4, 0.5) is 0 Å². The summed E-state index contributed by atoms with van der Waals surface area (Å²) in [5.41, 5.74) is 9.20. The lowest BCUT2D eigenvalue weighted by Gasteiger charge is -2.26. The predicted molar refractivity (Wildman–Crippen MR) is 152 cm³/mol. The molecule has 3 aromatic rings. The number of fused-ring (bicyclic) bond motifs is 1. The Balaban J connectivity index is 1.34. The molecule has 2 aliphatic rings. The Kier molecular flexibility index (Phi) is 7.56. The summed E-state index contributed by atoms with van der Waals surface area (Å²) in [4.78, 5) is 13.1. The molecule has 1 unspecified atom stereocenters. The van der Waals surface area contributed by atoms with Gasteiger partial charge in [-0.3, -0.25) is 4.79 Å². The van der Waals surface area contributed by atoms with Gasteiger partial charge in [0.15, 0.2) is 5.78 Å². The van der Waals surface area contributed by atoms with Crippen LogP contribution in [0.5, 0.6) is 0 Å². The summed E-state index contributed by atoms with van der Waals surface area (Å²) in [6.07, 6.45) is 11.9. The average Bonchev–Trinajstić information content (AvgIpc) is 2.87. The van der Waals surface area contributed by atoms with E-state index in [9.17, 15) is 4.79 Å². The molecular formula is C35H40O. The number of carbonyl (C=O) groups is 1. The summed E-state index contributed by atoms with van der Waals surface area (Å²) in [6, 6.07) is 24.8. The first-order valence-corrected chi connectivity index (χ1v) is 14.0.